The van der Waals surface area contributed by atoms with Gasteiger partial charge in [-0.05, 0) is 38.5 Å². The average Bonchev–Trinajstić information content (AvgIpc) is 2.73. The van der Waals surface area contributed by atoms with E-state index in [9.17, 15) is 0 Å². The van der Waals surface area contributed by atoms with Crippen LogP contribution in [0.2, 0.25) is 0 Å². The van der Waals surface area contributed by atoms with Gasteiger partial charge in [0.25, 0.3) is 0 Å². The first kappa shape index (κ1) is 29.2. The quantitative estimate of drug-likeness (QED) is 0.0905. The van der Waals surface area contributed by atoms with Gasteiger partial charge in [0.2, 0.25) is 0 Å². The number of hydrogen-bond acceptors (Lipinski definition) is 8. The maximum absolute atomic E-state index is 5.60. The highest BCUT2D eigenvalue weighted by Crippen LogP contribution is 2.43. The van der Waals surface area contributed by atoms with Gasteiger partial charge < -0.3 is 18.9 Å². The minimum absolute atomic E-state index is 0.0958. The molecule has 0 aliphatic carbocycles. The molecule has 0 aliphatic rings. The van der Waals surface area contributed by atoms with Gasteiger partial charge in [0, 0.05) is 21.0 Å². The van der Waals surface area contributed by atoms with E-state index in [1.807, 2.05) is 21.6 Å². The Labute approximate surface area is 192 Å². The van der Waals surface area contributed by atoms with Gasteiger partial charge >= 0.3 is 0 Å². The maximum atomic E-state index is 5.60. The highest BCUT2D eigenvalue weighted by Gasteiger charge is 2.27. The molecule has 4 nitrogen and oxygen atoms in total. The summed E-state index contributed by atoms with van der Waals surface area (Å²) in [5.41, 5.74) is 0. The molecule has 0 radical (unpaired) electrons. The average molecular weight is 475 g/mol. The van der Waals surface area contributed by atoms with E-state index in [0.717, 1.165) is 56.6 Å². The molecular formula is C20H42O4S4. The van der Waals surface area contributed by atoms with E-state index in [1.54, 1.807) is 0 Å². The third-order valence-corrected chi connectivity index (χ3v) is 9.67. The Bertz CT molecular complexity index is 340. The summed E-state index contributed by atoms with van der Waals surface area (Å²) in [6.07, 6.45) is 6.39. The number of ether oxygens (including phenoxy) is 4. The lowest BCUT2D eigenvalue weighted by atomic mass is 9.99. The molecule has 0 aromatic rings. The van der Waals surface area contributed by atoms with Crippen molar-refractivity contribution in [3.05, 3.63) is 0 Å². The lowest BCUT2D eigenvalue weighted by Crippen LogP contribution is -2.24. The lowest BCUT2D eigenvalue weighted by Gasteiger charge is -2.30. The molecule has 0 heterocycles. The summed E-state index contributed by atoms with van der Waals surface area (Å²) in [4.78, 5) is 0. The molecule has 0 rings (SSSR count). The largest absolute Gasteiger partial charge is 0.355 e. The Balaban J connectivity index is 3.77. The van der Waals surface area contributed by atoms with Crippen LogP contribution in [0.1, 0.15) is 66.2 Å². The lowest BCUT2D eigenvalue weighted by molar-refractivity contribution is -0.0508. The predicted molar refractivity (Wildman–Crippen MR) is 132 cm³/mol. The van der Waals surface area contributed by atoms with Crippen molar-refractivity contribution in [3.8, 4) is 0 Å². The van der Waals surface area contributed by atoms with Gasteiger partial charge in [-0.15, -0.1) is 0 Å². The summed E-state index contributed by atoms with van der Waals surface area (Å²) in [6.45, 7) is 12.4. The van der Waals surface area contributed by atoms with Crippen LogP contribution in [0.5, 0.6) is 0 Å². The summed E-state index contributed by atoms with van der Waals surface area (Å²) in [5.74, 6) is 1.69. The van der Waals surface area contributed by atoms with Gasteiger partial charge in [0.05, 0.1) is 26.4 Å². The van der Waals surface area contributed by atoms with Crippen molar-refractivity contribution in [2.24, 2.45) is 0 Å². The first-order valence-electron chi connectivity index (χ1n) is 10.5. The Kier molecular flexibility index (Phi) is 19.8. The van der Waals surface area contributed by atoms with Crippen LogP contribution < -0.4 is 0 Å². The standard InChI is InChI=1S/C20H42O4S4/c1-5-19(26,6-2)9-11-21-18-24-14-16-27-28-20(7-3,8-4)10-12-22-17-23-13-15-25/h25-26H,5-18H2,1-4H3. The van der Waals surface area contributed by atoms with Crippen LogP contribution in [0.15, 0.2) is 0 Å². The van der Waals surface area contributed by atoms with Crippen LogP contribution in [0.4, 0.5) is 0 Å². The van der Waals surface area contributed by atoms with Crippen LogP contribution >= 0.6 is 46.8 Å². The first-order valence-corrected chi connectivity index (χ1v) is 13.9. The van der Waals surface area contributed by atoms with Gasteiger partial charge in [-0.1, -0.05) is 49.3 Å². The van der Waals surface area contributed by atoms with Crippen molar-refractivity contribution in [1.82, 2.24) is 0 Å². The van der Waals surface area contributed by atoms with Crippen molar-refractivity contribution in [3.63, 3.8) is 0 Å². The molecule has 0 aromatic heterocycles. The van der Waals surface area contributed by atoms with Gasteiger partial charge in [-0.3, -0.25) is 0 Å². The molecule has 28 heavy (non-hydrogen) atoms. The molecule has 0 fully saturated rings. The summed E-state index contributed by atoms with van der Waals surface area (Å²) in [6, 6.07) is 0. The van der Waals surface area contributed by atoms with Crippen molar-refractivity contribution in [1.29, 1.82) is 0 Å². The van der Waals surface area contributed by atoms with Crippen molar-refractivity contribution in [2.45, 2.75) is 75.7 Å². The summed E-state index contributed by atoms with van der Waals surface area (Å²) < 4.78 is 22.4. The van der Waals surface area contributed by atoms with E-state index < -0.39 is 0 Å². The molecule has 0 atom stereocenters. The zero-order valence-corrected chi connectivity index (χ0v) is 21.7. The molecule has 0 bridgehead atoms. The zero-order chi connectivity index (χ0) is 21.1. The molecule has 0 unspecified atom stereocenters. The molecule has 0 aliphatic heterocycles. The molecule has 170 valence electrons. The van der Waals surface area contributed by atoms with Crippen molar-refractivity contribution < 1.29 is 18.9 Å². The molecule has 8 heteroatoms. The van der Waals surface area contributed by atoms with E-state index >= 15 is 0 Å². The molecule has 0 spiro atoms. The fourth-order valence-corrected chi connectivity index (χ4v) is 5.87. The van der Waals surface area contributed by atoms with E-state index in [0.29, 0.717) is 33.4 Å². The van der Waals surface area contributed by atoms with E-state index in [4.69, 9.17) is 31.6 Å². The van der Waals surface area contributed by atoms with Crippen LogP contribution in [0.25, 0.3) is 0 Å². The van der Waals surface area contributed by atoms with E-state index in [2.05, 4.69) is 40.3 Å². The van der Waals surface area contributed by atoms with E-state index in [1.165, 1.54) is 0 Å². The highest BCUT2D eigenvalue weighted by molar-refractivity contribution is 8.77. The first-order chi connectivity index (χ1) is 13.5. The van der Waals surface area contributed by atoms with Crippen molar-refractivity contribution in [2.75, 3.05) is 51.5 Å². The second-order valence-corrected chi connectivity index (χ2v) is 11.1. The van der Waals surface area contributed by atoms with Crippen LogP contribution in [-0.4, -0.2) is 61.0 Å². The highest BCUT2D eigenvalue weighted by atomic mass is 33.1. The Morgan fingerprint density at radius 3 is 1.79 bits per heavy atom. The van der Waals surface area contributed by atoms with Crippen LogP contribution in [0.3, 0.4) is 0 Å². The molecule has 0 amide bonds. The smallest absolute Gasteiger partial charge is 0.146 e. The Hall–Kier alpha value is 1.24. The predicted octanol–water partition coefficient (Wildman–Crippen LogP) is 6.11. The molecular weight excluding hydrogens is 432 g/mol. The second-order valence-electron chi connectivity index (χ2n) is 6.82. The van der Waals surface area contributed by atoms with E-state index in [-0.39, 0.29) is 9.49 Å². The van der Waals surface area contributed by atoms with Crippen molar-refractivity contribution >= 4 is 46.8 Å². The fraction of sp³-hybridized carbons (Fsp3) is 1.00. The normalized spacial score (nSPS) is 12.6. The van der Waals surface area contributed by atoms with Crippen LogP contribution in [-0.2, 0) is 18.9 Å². The molecule has 0 saturated carbocycles. The second kappa shape index (κ2) is 19.0. The zero-order valence-electron chi connectivity index (χ0n) is 18.2. The van der Waals surface area contributed by atoms with Gasteiger partial charge in [0.15, 0.2) is 0 Å². The molecule has 0 aromatic carbocycles. The molecule has 0 saturated heterocycles. The van der Waals surface area contributed by atoms with Gasteiger partial charge in [-0.25, -0.2) is 0 Å². The Morgan fingerprint density at radius 2 is 1.25 bits per heavy atom. The van der Waals surface area contributed by atoms with Gasteiger partial charge in [-0.2, -0.15) is 25.3 Å². The number of thiol groups is 2. The number of hydrogen-bond donors (Lipinski definition) is 2. The SMILES string of the molecule is CCC(S)(CC)CCOCOCCSSC(CC)(CC)CCOCOCCS. The topological polar surface area (TPSA) is 36.9 Å². The maximum Gasteiger partial charge on any atom is 0.146 e. The fourth-order valence-electron chi connectivity index (χ4n) is 2.56. The van der Waals surface area contributed by atoms with Gasteiger partial charge in [0.1, 0.15) is 13.6 Å². The molecule has 0 N–H and O–H groups in total. The third kappa shape index (κ3) is 14.3. The summed E-state index contributed by atoms with van der Waals surface area (Å²) in [5, 5.41) is 0. The summed E-state index contributed by atoms with van der Waals surface area (Å²) >= 11 is 8.85. The third-order valence-electron chi connectivity index (χ3n) is 5.13. The number of rotatable bonds is 21. The minimum atomic E-state index is 0.0958. The van der Waals surface area contributed by atoms with Crippen LogP contribution in [0, 0.1) is 0 Å². The Morgan fingerprint density at radius 1 is 0.714 bits per heavy atom. The summed E-state index contributed by atoms with van der Waals surface area (Å²) in [7, 11) is 3.85. The minimum Gasteiger partial charge on any atom is -0.355 e. The monoisotopic (exact) mass is 474 g/mol.